The van der Waals surface area contributed by atoms with Gasteiger partial charge in [0.05, 0.1) is 19.6 Å². The smallest absolute Gasteiger partial charge is 0.303 e. The highest BCUT2D eigenvalue weighted by Crippen LogP contribution is 2.39. The van der Waals surface area contributed by atoms with E-state index in [1.807, 2.05) is 30.0 Å². The lowest BCUT2D eigenvalue weighted by Crippen LogP contribution is -2.52. The van der Waals surface area contributed by atoms with Gasteiger partial charge in [-0.2, -0.15) is 0 Å². The molecular weight excluding hydrogens is 485 g/mol. The van der Waals surface area contributed by atoms with Crippen molar-refractivity contribution in [1.82, 2.24) is 14.7 Å². The summed E-state index contributed by atoms with van der Waals surface area (Å²) in [6.45, 7) is 7.28. The van der Waals surface area contributed by atoms with Crippen molar-refractivity contribution in [3.05, 3.63) is 65.5 Å². The molecule has 2 heterocycles. The van der Waals surface area contributed by atoms with Crippen LogP contribution >= 0.6 is 0 Å². The standard InChI is InChI=1S/C30H40FN3O4/c1-2-38-27-10-6-9-26(31)25(27)22-33-17-19-34(20-18-33)28(35)23-32-15-13-30(14-16-32,21-29(36)37)12-11-24-7-4-3-5-8-24/h3-10H,2,11-23H2,1H3,(H,36,37). The number of amides is 1. The number of carbonyl (C=O) groups is 2. The van der Waals surface area contributed by atoms with Crippen LogP contribution in [0.25, 0.3) is 0 Å². The van der Waals surface area contributed by atoms with Gasteiger partial charge in [-0.05, 0) is 68.8 Å². The lowest BCUT2D eigenvalue weighted by Gasteiger charge is -2.42. The third kappa shape index (κ3) is 7.54. The zero-order chi connectivity index (χ0) is 27.0. The number of halogens is 1. The highest BCUT2D eigenvalue weighted by atomic mass is 19.1. The fraction of sp³-hybridized carbons (Fsp3) is 0.533. The second kappa shape index (κ2) is 13.2. The van der Waals surface area contributed by atoms with Crippen LogP contribution in [0.5, 0.6) is 5.75 Å². The highest BCUT2D eigenvalue weighted by Gasteiger charge is 2.37. The van der Waals surface area contributed by atoms with Gasteiger partial charge in [0.25, 0.3) is 0 Å². The minimum absolute atomic E-state index is 0.112. The number of carboxylic acid groups (broad SMARTS) is 1. The van der Waals surface area contributed by atoms with Crippen LogP contribution in [-0.4, -0.2) is 84.1 Å². The van der Waals surface area contributed by atoms with Gasteiger partial charge in [0.1, 0.15) is 11.6 Å². The van der Waals surface area contributed by atoms with Crippen LogP contribution in [0.2, 0.25) is 0 Å². The van der Waals surface area contributed by atoms with Crippen molar-refractivity contribution in [2.45, 2.75) is 45.6 Å². The first-order valence-corrected chi connectivity index (χ1v) is 13.8. The van der Waals surface area contributed by atoms with Gasteiger partial charge < -0.3 is 14.7 Å². The molecule has 2 aromatic rings. The maximum atomic E-state index is 14.4. The van der Waals surface area contributed by atoms with E-state index in [2.05, 4.69) is 21.9 Å². The second-order valence-electron chi connectivity index (χ2n) is 10.6. The van der Waals surface area contributed by atoms with Gasteiger partial charge in [-0.3, -0.25) is 19.4 Å². The minimum Gasteiger partial charge on any atom is -0.493 e. The average Bonchev–Trinajstić information content (AvgIpc) is 2.91. The predicted molar refractivity (Wildman–Crippen MR) is 145 cm³/mol. The molecule has 1 N–H and O–H groups in total. The number of aliphatic carboxylic acids is 1. The molecule has 2 aliphatic rings. The Bertz CT molecular complexity index is 1060. The van der Waals surface area contributed by atoms with Crippen LogP contribution in [-0.2, 0) is 22.6 Å². The largest absolute Gasteiger partial charge is 0.493 e. The first-order chi connectivity index (χ1) is 18.4. The predicted octanol–water partition coefficient (Wildman–Crippen LogP) is 4.06. The van der Waals surface area contributed by atoms with E-state index in [4.69, 9.17) is 4.74 Å². The number of ether oxygens (including phenoxy) is 1. The summed E-state index contributed by atoms with van der Waals surface area (Å²) >= 11 is 0. The van der Waals surface area contributed by atoms with Crippen molar-refractivity contribution in [2.75, 3.05) is 52.4 Å². The van der Waals surface area contributed by atoms with Crippen LogP contribution < -0.4 is 4.74 Å². The molecule has 4 rings (SSSR count). The van der Waals surface area contributed by atoms with Gasteiger partial charge in [-0.1, -0.05) is 36.4 Å². The number of piperidine rings is 1. The van der Waals surface area contributed by atoms with Gasteiger partial charge in [0.2, 0.25) is 5.91 Å². The number of piperazine rings is 1. The Morgan fingerprint density at radius 1 is 0.947 bits per heavy atom. The SMILES string of the molecule is CCOc1cccc(F)c1CN1CCN(C(=O)CN2CCC(CCc3ccccc3)(CC(=O)O)CC2)CC1. The van der Waals surface area contributed by atoms with Crippen molar-refractivity contribution < 1.29 is 23.8 Å². The molecule has 0 saturated carbocycles. The lowest BCUT2D eigenvalue weighted by atomic mass is 9.72. The summed E-state index contributed by atoms with van der Waals surface area (Å²) in [6.07, 6.45) is 3.48. The number of rotatable bonds is 11. The number of aryl methyl sites for hydroxylation is 1. The average molecular weight is 526 g/mol. The molecule has 0 atom stereocenters. The first kappa shape index (κ1) is 28.0. The molecule has 2 aromatic carbocycles. The minimum atomic E-state index is -0.746. The van der Waals surface area contributed by atoms with Crippen LogP contribution in [0, 0.1) is 11.2 Å². The van der Waals surface area contributed by atoms with Gasteiger partial charge in [-0.25, -0.2) is 4.39 Å². The van der Waals surface area contributed by atoms with E-state index >= 15 is 0 Å². The molecule has 8 heteroatoms. The summed E-state index contributed by atoms with van der Waals surface area (Å²) in [5, 5.41) is 9.58. The Morgan fingerprint density at radius 2 is 1.66 bits per heavy atom. The van der Waals surface area contributed by atoms with E-state index in [0.717, 1.165) is 38.8 Å². The number of carbonyl (C=O) groups excluding carboxylic acids is 1. The first-order valence-electron chi connectivity index (χ1n) is 13.8. The molecule has 0 bridgehead atoms. The molecule has 7 nitrogen and oxygen atoms in total. The molecule has 1 amide bonds. The van der Waals surface area contributed by atoms with E-state index in [1.165, 1.54) is 11.6 Å². The zero-order valence-electron chi connectivity index (χ0n) is 22.4. The van der Waals surface area contributed by atoms with Gasteiger partial charge in [0, 0.05) is 38.3 Å². The highest BCUT2D eigenvalue weighted by molar-refractivity contribution is 5.78. The molecule has 0 radical (unpaired) electrons. The van der Waals surface area contributed by atoms with Crippen molar-refractivity contribution in [2.24, 2.45) is 5.41 Å². The number of benzene rings is 2. The lowest BCUT2D eigenvalue weighted by molar-refractivity contribution is -0.142. The van der Waals surface area contributed by atoms with E-state index in [-0.39, 0.29) is 23.6 Å². The van der Waals surface area contributed by atoms with Gasteiger partial charge in [-0.15, -0.1) is 0 Å². The van der Waals surface area contributed by atoms with Crippen molar-refractivity contribution in [1.29, 1.82) is 0 Å². The number of carboxylic acids is 1. The van der Waals surface area contributed by atoms with E-state index in [0.29, 0.717) is 57.2 Å². The molecular formula is C30H40FN3O4. The maximum absolute atomic E-state index is 14.4. The summed E-state index contributed by atoms with van der Waals surface area (Å²) < 4.78 is 20.1. The van der Waals surface area contributed by atoms with E-state index in [9.17, 15) is 19.1 Å². The number of nitrogens with zero attached hydrogens (tertiary/aromatic N) is 3. The number of likely N-dealkylation sites (tertiary alicyclic amines) is 1. The summed E-state index contributed by atoms with van der Waals surface area (Å²) in [5.74, 6) is -0.314. The molecule has 2 aliphatic heterocycles. The molecule has 2 fully saturated rings. The Labute approximate surface area is 225 Å². The molecule has 0 aromatic heterocycles. The van der Waals surface area contributed by atoms with Crippen LogP contribution in [0.3, 0.4) is 0 Å². The number of hydrogen-bond donors (Lipinski definition) is 1. The summed E-state index contributed by atoms with van der Waals surface area (Å²) in [5.41, 5.74) is 1.58. The quantitative estimate of drug-likeness (QED) is 0.477. The third-order valence-electron chi connectivity index (χ3n) is 8.07. The zero-order valence-corrected chi connectivity index (χ0v) is 22.4. The second-order valence-corrected chi connectivity index (χ2v) is 10.6. The fourth-order valence-corrected chi connectivity index (χ4v) is 5.73. The molecule has 206 valence electrons. The topological polar surface area (TPSA) is 73.3 Å². The van der Waals surface area contributed by atoms with Crippen LogP contribution in [0.1, 0.15) is 43.7 Å². The Hall–Kier alpha value is -2.97. The maximum Gasteiger partial charge on any atom is 0.303 e. The normalized spacial score (nSPS) is 18.3. The Kier molecular flexibility index (Phi) is 9.74. The van der Waals surface area contributed by atoms with E-state index in [1.54, 1.807) is 12.1 Å². The van der Waals surface area contributed by atoms with Crippen molar-refractivity contribution in [3.63, 3.8) is 0 Å². The molecule has 0 unspecified atom stereocenters. The fourth-order valence-electron chi connectivity index (χ4n) is 5.73. The Balaban J connectivity index is 1.24. The van der Waals surface area contributed by atoms with Crippen molar-refractivity contribution >= 4 is 11.9 Å². The molecule has 0 aliphatic carbocycles. The summed E-state index contributed by atoms with van der Waals surface area (Å²) in [4.78, 5) is 31.0. The van der Waals surface area contributed by atoms with Gasteiger partial charge >= 0.3 is 5.97 Å². The summed E-state index contributed by atoms with van der Waals surface area (Å²) in [7, 11) is 0. The molecule has 0 spiro atoms. The van der Waals surface area contributed by atoms with Crippen LogP contribution in [0.15, 0.2) is 48.5 Å². The van der Waals surface area contributed by atoms with Crippen LogP contribution in [0.4, 0.5) is 4.39 Å². The third-order valence-corrected chi connectivity index (χ3v) is 8.07. The monoisotopic (exact) mass is 525 g/mol. The van der Waals surface area contributed by atoms with Crippen molar-refractivity contribution in [3.8, 4) is 5.75 Å². The molecule has 38 heavy (non-hydrogen) atoms. The summed E-state index contributed by atoms with van der Waals surface area (Å²) in [6, 6.07) is 15.1. The number of hydrogen-bond acceptors (Lipinski definition) is 5. The van der Waals surface area contributed by atoms with Gasteiger partial charge in [0.15, 0.2) is 0 Å². The molecule has 2 saturated heterocycles. The Morgan fingerprint density at radius 3 is 2.32 bits per heavy atom. The van der Waals surface area contributed by atoms with E-state index < -0.39 is 5.97 Å².